The van der Waals surface area contributed by atoms with Crippen LogP contribution in [0.1, 0.15) is 30.3 Å². The van der Waals surface area contributed by atoms with Crippen LogP contribution >= 0.6 is 47.0 Å². The molecular weight excluding hydrogens is 467 g/mol. The number of aromatic nitrogens is 3. The number of nitrogens with zero attached hydrogens (tertiary/aromatic N) is 3. The first-order valence-corrected chi connectivity index (χ1v) is 10.6. The zero-order valence-electron chi connectivity index (χ0n) is 16.3. The Morgan fingerprint density at radius 2 is 1.93 bits per heavy atom. The molecule has 1 N–H and O–H groups in total. The van der Waals surface area contributed by atoms with Crippen molar-refractivity contribution in [1.82, 2.24) is 14.9 Å². The summed E-state index contributed by atoms with van der Waals surface area (Å²) < 4.78 is 13.4. The molecule has 0 fully saturated rings. The van der Waals surface area contributed by atoms with Gasteiger partial charge < -0.3 is 9.47 Å². The molecule has 0 saturated heterocycles. The van der Waals surface area contributed by atoms with E-state index in [0.29, 0.717) is 36.9 Å². The van der Waals surface area contributed by atoms with Gasteiger partial charge in [0.25, 0.3) is 0 Å². The smallest absolute Gasteiger partial charge is 0.216 e. The second-order valence-electron chi connectivity index (χ2n) is 6.27. The van der Waals surface area contributed by atoms with Crippen LogP contribution in [0, 0.1) is 4.77 Å². The maximum atomic E-state index is 6.24. The quantitative estimate of drug-likeness (QED) is 0.230. The summed E-state index contributed by atoms with van der Waals surface area (Å²) in [5.74, 6) is 1.85. The number of benzene rings is 2. The summed E-state index contributed by atoms with van der Waals surface area (Å²) >= 11 is 23.8. The average molecular weight is 486 g/mol. The van der Waals surface area contributed by atoms with Crippen molar-refractivity contribution in [3.8, 4) is 11.5 Å². The largest absolute Gasteiger partial charge is 0.493 e. The minimum Gasteiger partial charge on any atom is -0.493 e. The van der Waals surface area contributed by atoms with E-state index in [1.165, 1.54) is 0 Å². The summed E-state index contributed by atoms with van der Waals surface area (Å²) in [6, 6.07) is 8.77. The first kappa shape index (κ1) is 22.6. The minimum absolute atomic E-state index is 0.145. The number of hydrogen-bond donors (Lipinski definition) is 1. The van der Waals surface area contributed by atoms with Crippen LogP contribution < -0.4 is 9.47 Å². The Balaban J connectivity index is 1.80. The zero-order valence-corrected chi connectivity index (χ0v) is 19.4. The number of rotatable bonds is 8. The SMILES string of the molecule is CCCc1n[nH]c(=S)n1N=Cc1ccc(OCc2c(Cl)ccc(Cl)c2Cl)c(OC)c1. The summed E-state index contributed by atoms with van der Waals surface area (Å²) in [6.45, 7) is 2.21. The van der Waals surface area contributed by atoms with Crippen LogP contribution in [0.3, 0.4) is 0 Å². The third kappa shape index (κ3) is 5.16. The van der Waals surface area contributed by atoms with E-state index in [0.717, 1.165) is 24.2 Å². The Hall–Kier alpha value is -2.06. The summed E-state index contributed by atoms with van der Waals surface area (Å²) in [6.07, 6.45) is 3.40. The number of methoxy groups -OCH3 is 1. The van der Waals surface area contributed by atoms with E-state index in [1.54, 1.807) is 36.2 Å². The Morgan fingerprint density at radius 3 is 2.67 bits per heavy atom. The van der Waals surface area contributed by atoms with Gasteiger partial charge in [-0.15, -0.1) is 0 Å². The van der Waals surface area contributed by atoms with Gasteiger partial charge in [-0.25, -0.2) is 0 Å². The second-order valence-corrected chi connectivity index (χ2v) is 7.85. The lowest BCUT2D eigenvalue weighted by Gasteiger charge is -2.13. The van der Waals surface area contributed by atoms with Crippen molar-refractivity contribution in [1.29, 1.82) is 0 Å². The highest BCUT2D eigenvalue weighted by Crippen LogP contribution is 2.34. The fourth-order valence-corrected chi connectivity index (χ4v) is 3.54. The monoisotopic (exact) mass is 484 g/mol. The minimum atomic E-state index is 0.145. The molecule has 0 atom stereocenters. The number of H-pyrrole nitrogens is 1. The highest BCUT2D eigenvalue weighted by molar-refractivity contribution is 7.71. The Morgan fingerprint density at radius 1 is 1.17 bits per heavy atom. The van der Waals surface area contributed by atoms with Gasteiger partial charge in [0.2, 0.25) is 4.77 Å². The summed E-state index contributed by atoms with van der Waals surface area (Å²) in [4.78, 5) is 0. The molecule has 6 nitrogen and oxygen atoms in total. The van der Waals surface area contributed by atoms with Crippen molar-refractivity contribution in [2.45, 2.75) is 26.4 Å². The number of nitrogens with one attached hydrogen (secondary N) is 1. The second kappa shape index (κ2) is 10.3. The van der Waals surface area contributed by atoms with E-state index < -0.39 is 0 Å². The fourth-order valence-electron chi connectivity index (χ4n) is 2.69. The number of halogens is 3. The topological polar surface area (TPSA) is 64.4 Å². The van der Waals surface area contributed by atoms with Crippen molar-refractivity contribution in [3.63, 3.8) is 0 Å². The van der Waals surface area contributed by atoms with Crippen molar-refractivity contribution < 1.29 is 9.47 Å². The summed E-state index contributed by atoms with van der Waals surface area (Å²) in [7, 11) is 1.56. The van der Waals surface area contributed by atoms with Gasteiger partial charge in [0.05, 0.1) is 23.4 Å². The molecule has 2 aromatic carbocycles. The number of ether oxygens (including phenoxy) is 2. The standard InChI is InChI=1S/C20H19Cl3N4O2S/c1-3-4-18-25-26-20(30)27(18)24-10-12-5-8-16(17(9-12)28-2)29-11-13-14(21)6-7-15(22)19(13)23/h5-10H,3-4,11H2,1-2H3,(H,26,30). The fraction of sp³-hybridized carbons (Fsp3) is 0.250. The summed E-state index contributed by atoms with van der Waals surface area (Å²) in [5, 5.41) is 12.7. The lowest BCUT2D eigenvalue weighted by molar-refractivity contribution is 0.284. The van der Waals surface area contributed by atoms with Crippen LogP contribution in [0.4, 0.5) is 0 Å². The van der Waals surface area contributed by atoms with Gasteiger partial charge in [-0.3, -0.25) is 5.10 Å². The number of hydrogen-bond acceptors (Lipinski definition) is 5. The molecular formula is C20H19Cl3N4O2S. The molecule has 0 saturated carbocycles. The van der Waals surface area contributed by atoms with Crippen molar-refractivity contribution in [3.05, 3.63) is 67.1 Å². The molecule has 0 amide bonds. The maximum Gasteiger partial charge on any atom is 0.216 e. The van der Waals surface area contributed by atoms with Crippen molar-refractivity contribution in [2.24, 2.45) is 5.10 Å². The van der Waals surface area contributed by atoms with Crippen molar-refractivity contribution >= 4 is 53.2 Å². The van der Waals surface area contributed by atoms with E-state index in [1.807, 2.05) is 12.1 Å². The highest BCUT2D eigenvalue weighted by atomic mass is 35.5. The first-order chi connectivity index (χ1) is 14.4. The zero-order chi connectivity index (χ0) is 21.7. The van der Waals surface area contributed by atoms with Crippen LogP contribution in [-0.4, -0.2) is 28.2 Å². The Kier molecular flexibility index (Phi) is 7.77. The van der Waals surface area contributed by atoms with E-state index in [9.17, 15) is 0 Å². The molecule has 0 aliphatic carbocycles. The van der Waals surface area contributed by atoms with E-state index in [4.69, 9.17) is 56.5 Å². The number of aromatic amines is 1. The molecule has 1 heterocycles. The molecule has 0 spiro atoms. The highest BCUT2D eigenvalue weighted by Gasteiger charge is 2.12. The van der Waals surface area contributed by atoms with Crippen LogP contribution in [0.15, 0.2) is 35.4 Å². The van der Waals surface area contributed by atoms with Gasteiger partial charge in [-0.1, -0.05) is 41.7 Å². The van der Waals surface area contributed by atoms with Crippen LogP contribution in [0.2, 0.25) is 15.1 Å². The predicted molar refractivity (Wildman–Crippen MR) is 123 cm³/mol. The maximum absolute atomic E-state index is 6.24. The molecule has 0 bridgehead atoms. The van der Waals surface area contributed by atoms with Crippen LogP contribution in [0.5, 0.6) is 11.5 Å². The molecule has 3 aromatic rings. The normalized spacial score (nSPS) is 11.2. The lowest BCUT2D eigenvalue weighted by atomic mass is 10.2. The molecule has 30 heavy (non-hydrogen) atoms. The van der Waals surface area contributed by atoms with Gasteiger partial charge >= 0.3 is 0 Å². The predicted octanol–water partition coefficient (Wildman–Crippen LogP) is 6.32. The third-order valence-corrected chi connectivity index (χ3v) is 5.67. The number of aryl methyl sites for hydroxylation is 1. The molecule has 0 radical (unpaired) electrons. The molecule has 10 heteroatoms. The van der Waals surface area contributed by atoms with Gasteiger partial charge in [-0.05, 0) is 54.5 Å². The summed E-state index contributed by atoms with van der Waals surface area (Å²) in [5.41, 5.74) is 1.42. The van der Waals surface area contributed by atoms with E-state index in [2.05, 4.69) is 22.2 Å². The lowest BCUT2D eigenvalue weighted by Crippen LogP contribution is -2.01. The van der Waals surface area contributed by atoms with Crippen molar-refractivity contribution in [2.75, 3.05) is 7.11 Å². The van der Waals surface area contributed by atoms with Gasteiger partial charge in [0, 0.05) is 17.0 Å². The molecule has 1 aromatic heterocycles. The average Bonchev–Trinajstić information content (AvgIpc) is 3.09. The Labute approximate surface area is 194 Å². The van der Waals surface area contributed by atoms with Crippen LogP contribution in [0.25, 0.3) is 0 Å². The van der Waals surface area contributed by atoms with Crippen LogP contribution in [-0.2, 0) is 13.0 Å². The molecule has 0 unspecified atom stereocenters. The first-order valence-electron chi connectivity index (χ1n) is 9.08. The Bertz CT molecular complexity index is 1130. The molecule has 0 aliphatic heterocycles. The molecule has 3 rings (SSSR count). The van der Waals surface area contributed by atoms with E-state index >= 15 is 0 Å². The van der Waals surface area contributed by atoms with Gasteiger partial charge in [0.15, 0.2) is 17.3 Å². The third-order valence-electron chi connectivity index (χ3n) is 4.21. The van der Waals surface area contributed by atoms with E-state index in [-0.39, 0.29) is 6.61 Å². The molecule has 158 valence electrons. The van der Waals surface area contributed by atoms with Gasteiger partial charge in [-0.2, -0.15) is 14.9 Å². The van der Waals surface area contributed by atoms with Gasteiger partial charge in [0.1, 0.15) is 6.61 Å². The molecule has 0 aliphatic rings.